The van der Waals surface area contributed by atoms with Crippen LogP contribution in [0.15, 0.2) is 29.4 Å². The molecule has 0 saturated carbocycles. The van der Waals surface area contributed by atoms with Crippen LogP contribution < -0.4 is 5.43 Å². The van der Waals surface area contributed by atoms with Crippen LogP contribution in [0.25, 0.3) is 0 Å². The van der Waals surface area contributed by atoms with Gasteiger partial charge < -0.3 is 0 Å². The number of hydrogen-bond donors (Lipinski definition) is 1. The minimum Gasteiger partial charge on any atom is -0.276 e. The van der Waals surface area contributed by atoms with Crippen LogP contribution >= 0.6 is 0 Å². The molecular formula is C11H11N5O. The Labute approximate surface area is 98.7 Å². The number of nitrogens with zero attached hydrogens (tertiary/aromatic N) is 4. The van der Waals surface area contributed by atoms with Crippen molar-refractivity contribution in [3.8, 4) is 6.07 Å². The Morgan fingerprint density at radius 3 is 2.47 bits per heavy atom. The van der Waals surface area contributed by atoms with Gasteiger partial charge >= 0.3 is 6.03 Å². The molecule has 2 rings (SSSR count). The van der Waals surface area contributed by atoms with E-state index in [2.05, 4.69) is 10.5 Å². The molecular weight excluding hydrogens is 218 g/mol. The van der Waals surface area contributed by atoms with Crippen molar-refractivity contribution in [2.75, 3.05) is 14.1 Å². The zero-order valence-electron chi connectivity index (χ0n) is 9.51. The molecule has 17 heavy (non-hydrogen) atoms. The number of nitriles is 1. The zero-order valence-corrected chi connectivity index (χ0v) is 9.51. The molecule has 6 nitrogen and oxygen atoms in total. The average Bonchev–Trinajstić information content (AvgIpc) is 2.35. The van der Waals surface area contributed by atoms with Gasteiger partial charge in [-0.25, -0.2) is 14.8 Å². The van der Waals surface area contributed by atoms with Gasteiger partial charge in [-0.1, -0.05) is 0 Å². The molecule has 1 aromatic carbocycles. The molecule has 1 N–H and O–H groups in total. The summed E-state index contributed by atoms with van der Waals surface area (Å²) >= 11 is 0. The molecule has 0 unspecified atom stereocenters. The molecule has 1 aliphatic rings. The normalized spacial score (nSPS) is 15.1. The summed E-state index contributed by atoms with van der Waals surface area (Å²) in [5.74, 6) is 0.569. The highest BCUT2D eigenvalue weighted by Crippen LogP contribution is 2.08. The van der Waals surface area contributed by atoms with Crippen LogP contribution in [0.4, 0.5) is 4.79 Å². The third-order valence-electron chi connectivity index (χ3n) is 2.37. The molecule has 0 saturated heterocycles. The highest BCUT2D eigenvalue weighted by atomic mass is 16.2. The number of urea groups is 1. The molecule has 0 atom stereocenters. The molecule has 6 heteroatoms. The van der Waals surface area contributed by atoms with Crippen molar-refractivity contribution in [3.05, 3.63) is 35.4 Å². The number of benzene rings is 1. The summed E-state index contributed by atoms with van der Waals surface area (Å²) in [6.45, 7) is 0. The number of rotatable bonds is 1. The lowest BCUT2D eigenvalue weighted by molar-refractivity contribution is 0.157. The first-order valence-electron chi connectivity index (χ1n) is 4.99. The molecule has 0 radical (unpaired) electrons. The predicted octanol–water partition coefficient (Wildman–Crippen LogP) is 0.722. The summed E-state index contributed by atoms with van der Waals surface area (Å²) in [5, 5.41) is 15.4. The van der Waals surface area contributed by atoms with E-state index in [-0.39, 0.29) is 6.03 Å². The van der Waals surface area contributed by atoms with Crippen LogP contribution in [-0.4, -0.2) is 36.0 Å². The second kappa shape index (κ2) is 4.14. The van der Waals surface area contributed by atoms with Gasteiger partial charge in [0.05, 0.1) is 11.6 Å². The molecule has 0 spiro atoms. The van der Waals surface area contributed by atoms with Crippen molar-refractivity contribution >= 4 is 11.9 Å². The number of hydrogen-bond acceptors (Lipinski definition) is 4. The Morgan fingerprint density at radius 2 is 1.94 bits per heavy atom. The molecule has 0 fully saturated rings. The van der Waals surface area contributed by atoms with Crippen LogP contribution in [0.3, 0.4) is 0 Å². The van der Waals surface area contributed by atoms with Crippen LogP contribution in [0.5, 0.6) is 0 Å². The van der Waals surface area contributed by atoms with Gasteiger partial charge in [-0.3, -0.25) is 5.43 Å². The standard InChI is InChI=1S/C11H11N5O/c1-15-11(17)16(2)14-10(13-15)9-5-3-8(7-12)4-6-9/h3-6H,1-2H3,(H,13,14). The summed E-state index contributed by atoms with van der Waals surface area (Å²) in [4.78, 5) is 11.4. The molecule has 0 aliphatic carbocycles. The number of carbonyl (C=O) groups is 1. The third kappa shape index (κ3) is 2.03. The fraction of sp³-hybridized carbons (Fsp3) is 0.182. The van der Waals surface area contributed by atoms with Crippen molar-refractivity contribution in [1.82, 2.24) is 15.4 Å². The summed E-state index contributed by atoms with van der Waals surface area (Å²) in [6, 6.07) is 8.78. The van der Waals surface area contributed by atoms with Gasteiger partial charge in [0.1, 0.15) is 0 Å². The molecule has 0 bridgehead atoms. The van der Waals surface area contributed by atoms with Crippen LogP contribution in [0.1, 0.15) is 11.1 Å². The molecule has 86 valence electrons. The van der Waals surface area contributed by atoms with Crippen molar-refractivity contribution < 1.29 is 4.79 Å². The number of carbonyl (C=O) groups excluding carboxylic acids is 1. The first kappa shape index (κ1) is 11.0. The number of nitrogens with one attached hydrogen (secondary N) is 1. The maximum absolute atomic E-state index is 11.4. The molecule has 1 aromatic rings. The molecule has 1 heterocycles. The van der Waals surface area contributed by atoms with Gasteiger partial charge in [0.15, 0.2) is 5.84 Å². The quantitative estimate of drug-likeness (QED) is 0.771. The zero-order chi connectivity index (χ0) is 12.4. The van der Waals surface area contributed by atoms with E-state index in [1.54, 1.807) is 38.4 Å². The highest BCUT2D eigenvalue weighted by molar-refractivity contribution is 6.01. The number of amides is 2. The summed E-state index contributed by atoms with van der Waals surface area (Å²) in [6.07, 6.45) is 0. The van der Waals surface area contributed by atoms with E-state index >= 15 is 0 Å². The topological polar surface area (TPSA) is 71.7 Å². The minimum absolute atomic E-state index is 0.234. The van der Waals surface area contributed by atoms with Crippen molar-refractivity contribution in [3.63, 3.8) is 0 Å². The number of hydrazone groups is 1. The maximum atomic E-state index is 11.4. The van der Waals surface area contributed by atoms with Crippen molar-refractivity contribution in [2.45, 2.75) is 0 Å². The third-order valence-corrected chi connectivity index (χ3v) is 2.37. The summed E-state index contributed by atoms with van der Waals surface area (Å²) < 4.78 is 0. The van der Waals surface area contributed by atoms with E-state index in [1.807, 2.05) is 6.07 Å². The lowest BCUT2D eigenvalue weighted by atomic mass is 10.1. The minimum atomic E-state index is -0.234. The largest absolute Gasteiger partial charge is 0.358 e. The Kier molecular flexibility index (Phi) is 2.66. The smallest absolute Gasteiger partial charge is 0.276 e. The van der Waals surface area contributed by atoms with E-state index in [4.69, 9.17) is 5.26 Å². The van der Waals surface area contributed by atoms with E-state index in [1.165, 1.54) is 10.0 Å². The maximum Gasteiger partial charge on any atom is 0.358 e. The van der Waals surface area contributed by atoms with Crippen LogP contribution in [0, 0.1) is 11.3 Å². The second-order valence-electron chi connectivity index (χ2n) is 3.61. The van der Waals surface area contributed by atoms with Gasteiger partial charge in [0, 0.05) is 19.7 Å². The lowest BCUT2D eigenvalue weighted by Gasteiger charge is -2.29. The highest BCUT2D eigenvalue weighted by Gasteiger charge is 2.21. The van der Waals surface area contributed by atoms with Crippen LogP contribution in [-0.2, 0) is 0 Å². The van der Waals surface area contributed by atoms with Crippen molar-refractivity contribution in [2.24, 2.45) is 5.10 Å². The lowest BCUT2D eigenvalue weighted by Crippen LogP contribution is -2.52. The first-order valence-corrected chi connectivity index (χ1v) is 4.99. The summed E-state index contributed by atoms with van der Waals surface area (Å²) in [5.41, 5.74) is 4.26. The Morgan fingerprint density at radius 1 is 1.29 bits per heavy atom. The van der Waals surface area contributed by atoms with Gasteiger partial charge in [-0.2, -0.15) is 5.26 Å². The van der Waals surface area contributed by atoms with Gasteiger partial charge in [-0.15, -0.1) is 5.10 Å². The predicted molar refractivity (Wildman–Crippen MR) is 61.8 cm³/mol. The number of amidine groups is 1. The number of hydrazine groups is 1. The van der Waals surface area contributed by atoms with Crippen molar-refractivity contribution in [1.29, 1.82) is 5.26 Å². The van der Waals surface area contributed by atoms with Gasteiger partial charge in [0.25, 0.3) is 0 Å². The van der Waals surface area contributed by atoms with Gasteiger partial charge in [-0.05, 0) is 24.3 Å². The Hall–Kier alpha value is -2.55. The Bertz CT molecular complexity index is 514. The molecule has 0 aromatic heterocycles. The monoisotopic (exact) mass is 229 g/mol. The van der Waals surface area contributed by atoms with Gasteiger partial charge in [0.2, 0.25) is 0 Å². The average molecular weight is 229 g/mol. The molecule has 1 aliphatic heterocycles. The van der Waals surface area contributed by atoms with Crippen LogP contribution in [0.2, 0.25) is 0 Å². The SMILES string of the molecule is CN1N=C(c2ccc(C#N)cc2)NN(C)C1=O. The van der Waals surface area contributed by atoms with E-state index in [9.17, 15) is 4.79 Å². The Balaban J connectivity index is 2.31. The molecule has 2 amide bonds. The fourth-order valence-corrected chi connectivity index (χ4v) is 1.46. The fourth-order valence-electron chi connectivity index (χ4n) is 1.46. The van der Waals surface area contributed by atoms with E-state index in [0.717, 1.165) is 5.56 Å². The second-order valence-corrected chi connectivity index (χ2v) is 3.61. The first-order chi connectivity index (χ1) is 8.11. The summed E-state index contributed by atoms with van der Waals surface area (Å²) in [7, 11) is 3.21. The van der Waals surface area contributed by atoms with E-state index in [0.29, 0.717) is 11.4 Å². The van der Waals surface area contributed by atoms with E-state index < -0.39 is 0 Å².